The number of benzene rings is 2. The van der Waals surface area contributed by atoms with Crippen LogP contribution in [0.5, 0.6) is 17.2 Å². The standard InChI is InChI=1S/C20H23N3O5/c1-13-5-7-14(8-6-13)20(25)21-12-17(24)23-22-11-15-9-10-16(26-2)19(28-4)18(15)27-3/h5-11H,12H2,1-4H3,(H,21,25)(H,23,24). The topological polar surface area (TPSA) is 98.2 Å². The highest BCUT2D eigenvalue weighted by molar-refractivity contribution is 5.96. The van der Waals surface area contributed by atoms with Gasteiger partial charge in [-0.1, -0.05) is 17.7 Å². The maximum absolute atomic E-state index is 12.0. The molecule has 148 valence electrons. The van der Waals surface area contributed by atoms with Gasteiger partial charge in [0.15, 0.2) is 11.5 Å². The Kier molecular flexibility index (Phi) is 7.38. The largest absolute Gasteiger partial charge is 0.493 e. The number of nitrogens with zero attached hydrogens (tertiary/aromatic N) is 1. The van der Waals surface area contributed by atoms with E-state index in [4.69, 9.17) is 14.2 Å². The SMILES string of the molecule is COc1ccc(C=NNC(=O)CNC(=O)c2ccc(C)cc2)c(OC)c1OC. The fourth-order valence-electron chi connectivity index (χ4n) is 2.41. The molecule has 0 bridgehead atoms. The molecular weight excluding hydrogens is 362 g/mol. The minimum atomic E-state index is -0.462. The van der Waals surface area contributed by atoms with Gasteiger partial charge in [0.2, 0.25) is 5.75 Å². The van der Waals surface area contributed by atoms with Crippen LogP contribution in [0, 0.1) is 6.92 Å². The van der Waals surface area contributed by atoms with E-state index in [2.05, 4.69) is 15.8 Å². The van der Waals surface area contributed by atoms with Crippen LogP contribution in [0.2, 0.25) is 0 Å². The molecule has 2 aromatic carbocycles. The van der Waals surface area contributed by atoms with Gasteiger partial charge in [-0.2, -0.15) is 5.10 Å². The van der Waals surface area contributed by atoms with Crippen LogP contribution >= 0.6 is 0 Å². The highest BCUT2D eigenvalue weighted by Crippen LogP contribution is 2.38. The first-order chi connectivity index (χ1) is 13.5. The molecule has 8 heteroatoms. The van der Waals surface area contributed by atoms with Gasteiger partial charge in [-0.05, 0) is 31.2 Å². The Bertz CT molecular complexity index is 863. The number of amides is 2. The monoisotopic (exact) mass is 385 g/mol. The van der Waals surface area contributed by atoms with Crippen LogP contribution in [0.15, 0.2) is 41.5 Å². The zero-order chi connectivity index (χ0) is 20.5. The van der Waals surface area contributed by atoms with Gasteiger partial charge >= 0.3 is 0 Å². The van der Waals surface area contributed by atoms with E-state index in [1.165, 1.54) is 27.5 Å². The van der Waals surface area contributed by atoms with Crippen LogP contribution in [0.4, 0.5) is 0 Å². The average Bonchev–Trinajstić information content (AvgIpc) is 2.71. The van der Waals surface area contributed by atoms with Crippen molar-refractivity contribution in [3.05, 3.63) is 53.1 Å². The first kappa shape index (κ1) is 20.8. The molecule has 2 amide bonds. The molecule has 2 N–H and O–H groups in total. The number of hydrogen-bond donors (Lipinski definition) is 2. The number of methoxy groups -OCH3 is 3. The second kappa shape index (κ2) is 9.96. The first-order valence-corrected chi connectivity index (χ1v) is 8.46. The maximum Gasteiger partial charge on any atom is 0.259 e. The summed E-state index contributed by atoms with van der Waals surface area (Å²) >= 11 is 0. The van der Waals surface area contributed by atoms with Crippen LogP contribution in [0.25, 0.3) is 0 Å². The number of hydrazone groups is 1. The van der Waals surface area contributed by atoms with Crippen molar-refractivity contribution < 1.29 is 23.8 Å². The highest BCUT2D eigenvalue weighted by Gasteiger charge is 2.14. The minimum absolute atomic E-state index is 0.201. The van der Waals surface area contributed by atoms with Gasteiger partial charge in [-0.15, -0.1) is 0 Å². The average molecular weight is 385 g/mol. The summed E-state index contributed by atoms with van der Waals surface area (Å²) in [4.78, 5) is 23.9. The molecule has 2 rings (SSSR count). The lowest BCUT2D eigenvalue weighted by Crippen LogP contribution is -2.34. The van der Waals surface area contributed by atoms with E-state index in [1.54, 1.807) is 24.3 Å². The van der Waals surface area contributed by atoms with E-state index in [-0.39, 0.29) is 12.5 Å². The van der Waals surface area contributed by atoms with Gasteiger partial charge in [0, 0.05) is 11.1 Å². The van der Waals surface area contributed by atoms with E-state index >= 15 is 0 Å². The summed E-state index contributed by atoms with van der Waals surface area (Å²) in [5, 5.41) is 6.43. The van der Waals surface area contributed by atoms with E-state index < -0.39 is 5.91 Å². The lowest BCUT2D eigenvalue weighted by molar-refractivity contribution is -0.120. The van der Waals surface area contributed by atoms with E-state index in [0.29, 0.717) is 28.4 Å². The van der Waals surface area contributed by atoms with Crippen molar-refractivity contribution in [3.63, 3.8) is 0 Å². The van der Waals surface area contributed by atoms with Gasteiger partial charge in [0.1, 0.15) is 0 Å². The van der Waals surface area contributed by atoms with Crippen LogP contribution < -0.4 is 25.0 Å². The number of aryl methyl sites for hydroxylation is 1. The van der Waals surface area contributed by atoms with Crippen molar-refractivity contribution in [2.24, 2.45) is 5.10 Å². The molecule has 0 unspecified atom stereocenters. The molecule has 2 aromatic rings. The zero-order valence-corrected chi connectivity index (χ0v) is 16.2. The zero-order valence-electron chi connectivity index (χ0n) is 16.2. The molecule has 0 saturated carbocycles. The predicted molar refractivity (Wildman–Crippen MR) is 105 cm³/mol. The Labute approximate surface area is 163 Å². The second-order valence-electron chi connectivity index (χ2n) is 5.77. The van der Waals surface area contributed by atoms with E-state index in [9.17, 15) is 9.59 Å². The summed E-state index contributed by atoms with van der Waals surface area (Å²) in [7, 11) is 4.52. The van der Waals surface area contributed by atoms with Crippen LogP contribution in [0.3, 0.4) is 0 Å². The normalized spacial score (nSPS) is 10.4. The second-order valence-corrected chi connectivity index (χ2v) is 5.77. The third kappa shape index (κ3) is 5.23. The molecule has 0 saturated heterocycles. The minimum Gasteiger partial charge on any atom is -0.493 e. The fraction of sp³-hybridized carbons (Fsp3) is 0.250. The Morgan fingerprint density at radius 2 is 1.64 bits per heavy atom. The van der Waals surface area contributed by atoms with Crippen molar-refractivity contribution in [3.8, 4) is 17.2 Å². The number of rotatable bonds is 8. The van der Waals surface area contributed by atoms with Crippen LogP contribution in [0.1, 0.15) is 21.5 Å². The van der Waals surface area contributed by atoms with Crippen molar-refractivity contribution in [1.82, 2.24) is 10.7 Å². The third-order valence-corrected chi connectivity index (χ3v) is 3.85. The number of carbonyl (C=O) groups excluding carboxylic acids is 2. The summed E-state index contributed by atoms with van der Waals surface area (Å²) in [6.07, 6.45) is 1.42. The van der Waals surface area contributed by atoms with Crippen molar-refractivity contribution in [2.45, 2.75) is 6.92 Å². The molecule has 0 aliphatic carbocycles. The molecule has 0 atom stereocenters. The third-order valence-electron chi connectivity index (χ3n) is 3.85. The summed E-state index contributed by atoms with van der Waals surface area (Å²) in [5.74, 6) is 0.564. The Balaban J connectivity index is 1.94. The predicted octanol–water partition coefficient (Wildman–Crippen LogP) is 1.90. The molecule has 0 radical (unpaired) electrons. The lowest BCUT2D eigenvalue weighted by atomic mass is 10.1. The molecule has 0 fully saturated rings. The van der Waals surface area contributed by atoms with Gasteiger partial charge in [0.25, 0.3) is 11.8 Å². The number of carbonyl (C=O) groups is 2. The number of nitrogens with one attached hydrogen (secondary N) is 2. The van der Waals surface area contributed by atoms with E-state index in [0.717, 1.165) is 5.56 Å². The van der Waals surface area contributed by atoms with Crippen molar-refractivity contribution in [2.75, 3.05) is 27.9 Å². The highest BCUT2D eigenvalue weighted by atomic mass is 16.5. The quantitative estimate of drug-likeness (QED) is 0.534. The van der Waals surface area contributed by atoms with Gasteiger partial charge in [-0.3, -0.25) is 9.59 Å². The van der Waals surface area contributed by atoms with Gasteiger partial charge in [0.05, 0.1) is 34.1 Å². The van der Waals surface area contributed by atoms with E-state index in [1.807, 2.05) is 19.1 Å². The Morgan fingerprint density at radius 1 is 0.964 bits per heavy atom. The summed E-state index contributed by atoms with van der Waals surface area (Å²) < 4.78 is 15.8. The molecule has 8 nitrogen and oxygen atoms in total. The molecule has 0 spiro atoms. The molecule has 0 aliphatic rings. The Morgan fingerprint density at radius 3 is 2.25 bits per heavy atom. The van der Waals surface area contributed by atoms with Crippen LogP contribution in [-0.4, -0.2) is 45.9 Å². The molecule has 0 aromatic heterocycles. The van der Waals surface area contributed by atoms with Gasteiger partial charge in [-0.25, -0.2) is 5.43 Å². The summed E-state index contributed by atoms with van der Waals surface area (Å²) in [6.45, 7) is 1.73. The van der Waals surface area contributed by atoms with Crippen molar-refractivity contribution in [1.29, 1.82) is 0 Å². The lowest BCUT2D eigenvalue weighted by Gasteiger charge is -2.13. The molecule has 0 heterocycles. The molecular formula is C20H23N3O5. The van der Waals surface area contributed by atoms with Crippen molar-refractivity contribution >= 4 is 18.0 Å². The number of ether oxygens (including phenoxy) is 3. The fourth-order valence-corrected chi connectivity index (χ4v) is 2.41. The van der Waals surface area contributed by atoms with Gasteiger partial charge < -0.3 is 19.5 Å². The molecule has 0 aliphatic heterocycles. The van der Waals surface area contributed by atoms with Crippen LogP contribution in [-0.2, 0) is 4.79 Å². The molecule has 28 heavy (non-hydrogen) atoms. The summed E-state index contributed by atoms with van der Waals surface area (Å²) in [5.41, 5.74) is 4.47. The summed E-state index contributed by atoms with van der Waals surface area (Å²) in [6, 6.07) is 10.5. The maximum atomic E-state index is 12.0. The first-order valence-electron chi connectivity index (χ1n) is 8.46. The number of hydrogen-bond acceptors (Lipinski definition) is 6. The Hall–Kier alpha value is -3.55. The smallest absolute Gasteiger partial charge is 0.259 e.